The van der Waals surface area contributed by atoms with Gasteiger partial charge >= 0.3 is 5.97 Å². The maximum Gasteiger partial charge on any atom is 0.312 e. The maximum absolute atomic E-state index is 13.1. The third-order valence-electron chi connectivity index (χ3n) is 2.22. The average molecular weight is 197 g/mol. The fraction of sp³-hybridized carbons (Fsp3) is 0.300. The Kier molecular flexibility index (Phi) is 3.19. The van der Waals surface area contributed by atoms with Crippen molar-refractivity contribution < 1.29 is 14.3 Å². The zero-order valence-corrected chi connectivity index (χ0v) is 7.83. The number of hydrogen-bond acceptors (Lipinski definition) is 2. The minimum atomic E-state index is -1.03. The molecule has 0 fully saturated rings. The predicted octanol–water partition coefficient (Wildman–Crippen LogP) is 1.26. The molecule has 0 aliphatic rings. The van der Waals surface area contributed by atoms with Crippen LogP contribution in [0.2, 0.25) is 0 Å². The minimum absolute atomic E-state index is 0.0281. The van der Waals surface area contributed by atoms with Crippen LogP contribution in [0.1, 0.15) is 17.0 Å². The van der Waals surface area contributed by atoms with Crippen molar-refractivity contribution >= 4 is 5.97 Å². The molecular formula is C10H12FNO2. The first kappa shape index (κ1) is 10.7. The second-order valence-corrected chi connectivity index (χ2v) is 3.08. The topological polar surface area (TPSA) is 63.3 Å². The average Bonchev–Trinajstić information content (AvgIpc) is 2.13. The van der Waals surface area contributed by atoms with Crippen molar-refractivity contribution in [3.63, 3.8) is 0 Å². The van der Waals surface area contributed by atoms with Gasteiger partial charge in [0.25, 0.3) is 0 Å². The summed E-state index contributed by atoms with van der Waals surface area (Å²) in [5.41, 5.74) is 6.12. The highest BCUT2D eigenvalue weighted by atomic mass is 19.1. The van der Waals surface area contributed by atoms with E-state index in [0.717, 1.165) is 0 Å². The van der Waals surface area contributed by atoms with Crippen LogP contribution in [0.3, 0.4) is 0 Å². The minimum Gasteiger partial charge on any atom is -0.481 e. The zero-order chi connectivity index (χ0) is 10.7. The van der Waals surface area contributed by atoms with E-state index in [4.69, 9.17) is 10.8 Å². The van der Waals surface area contributed by atoms with Gasteiger partial charge in [-0.15, -0.1) is 0 Å². The van der Waals surface area contributed by atoms with Gasteiger partial charge in [0, 0.05) is 6.54 Å². The summed E-state index contributed by atoms with van der Waals surface area (Å²) in [6.45, 7) is 1.52. The second kappa shape index (κ2) is 4.19. The molecule has 0 spiro atoms. The normalized spacial score (nSPS) is 12.5. The van der Waals surface area contributed by atoms with Crippen molar-refractivity contribution in [3.05, 3.63) is 35.1 Å². The summed E-state index contributed by atoms with van der Waals surface area (Å²) in [6, 6.07) is 4.38. The molecule has 3 N–H and O–H groups in total. The van der Waals surface area contributed by atoms with Gasteiger partial charge in [-0.05, 0) is 24.1 Å². The maximum atomic E-state index is 13.1. The molecular weight excluding hydrogens is 185 g/mol. The lowest BCUT2D eigenvalue weighted by Gasteiger charge is -2.13. The van der Waals surface area contributed by atoms with E-state index in [1.165, 1.54) is 12.1 Å². The first-order valence-corrected chi connectivity index (χ1v) is 4.25. The fourth-order valence-electron chi connectivity index (χ4n) is 1.36. The molecule has 3 nitrogen and oxygen atoms in total. The van der Waals surface area contributed by atoms with Crippen LogP contribution in [0.25, 0.3) is 0 Å². The van der Waals surface area contributed by atoms with Gasteiger partial charge in [-0.3, -0.25) is 4.79 Å². The van der Waals surface area contributed by atoms with E-state index in [1.54, 1.807) is 13.0 Å². The number of benzene rings is 1. The summed E-state index contributed by atoms with van der Waals surface area (Å²) in [7, 11) is 0. The van der Waals surface area contributed by atoms with Gasteiger partial charge in [0.15, 0.2) is 0 Å². The van der Waals surface area contributed by atoms with Gasteiger partial charge in [0.05, 0.1) is 5.92 Å². The molecule has 0 radical (unpaired) electrons. The van der Waals surface area contributed by atoms with Crippen molar-refractivity contribution in [1.82, 2.24) is 0 Å². The van der Waals surface area contributed by atoms with E-state index in [-0.39, 0.29) is 6.54 Å². The predicted molar refractivity (Wildman–Crippen MR) is 50.6 cm³/mol. The van der Waals surface area contributed by atoms with E-state index in [1.807, 2.05) is 0 Å². The van der Waals surface area contributed by atoms with Crippen LogP contribution in [-0.4, -0.2) is 17.6 Å². The summed E-state index contributed by atoms with van der Waals surface area (Å²) in [6.07, 6.45) is 0. The molecule has 4 heteroatoms. The van der Waals surface area contributed by atoms with E-state index >= 15 is 0 Å². The number of aliphatic carboxylic acids is 1. The van der Waals surface area contributed by atoms with Gasteiger partial charge in [-0.2, -0.15) is 0 Å². The number of carbonyl (C=O) groups is 1. The first-order valence-electron chi connectivity index (χ1n) is 4.25. The number of nitrogens with two attached hydrogens (primary N) is 1. The number of carboxylic acids is 1. The lowest BCUT2D eigenvalue weighted by atomic mass is 9.95. The number of halogens is 1. The van der Waals surface area contributed by atoms with Crippen LogP contribution < -0.4 is 5.73 Å². The molecule has 0 heterocycles. The Hall–Kier alpha value is -1.42. The van der Waals surface area contributed by atoms with Gasteiger partial charge in [-0.25, -0.2) is 4.39 Å². The lowest BCUT2D eigenvalue weighted by Crippen LogP contribution is -2.22. The Balaban J connectivity index is 3.16. The third-order valence-corrected chi connectivity index (χ3v) is 2.22. The highest BCUT2D eigenvalue weighted by molar-refractivity contribution is 5.76. The molecule has 0 aromatic heterocycles. The van der Waals surface area contributed by atoms with E-state index < -0.39 is 17.7 Å². The summed E-state index contributed by atoms with van der Waals surface area (Å²) >= 11 is 0. The van der Waals surface area contributed by atoms with E-state index in [0.29, 0.717) is 11.1 Å². The molecule has 1 atom stereocenters. The summed E-state index contributed by atoms with van der Waals surface area (Å²) < 4.78 is 13.1. The smallest absolute Gasteiger partial charge is 0.312 e. The van der Waals surface area contributed by atoms with Crippen LogP contribution in [0, 0.1) is 12.7 Å². The van der Waals surface area contributed by atoms with Crippen molar-refractivity contribution in [2.24, 2.45) is 5.73 Å². The van der Waals surface area contributed by atoms with Crippen LogP contribution in [0.4, 0.5) is 4.39 Å². The molecule has 1 aromatic carbocycles. The Morgan fingerprint density at radius 2 is 2.29 bits per heavy atom. The van der Waals surface area contributed by atoms with Crippen molar-refractivity contribution in [1.29, 1.82) is 0 Å². The monoisotopic (exact) mass is 197 g/mol. The van der Waals surface area contributed by atoms with Crippen molar-refractivity contribution in [2.45, 2.75) is 12.8 Å². The standard InChI is InChI=1S/C10H12FNO2/c1-6-7(3-2-4-9(6)11)8(5-12)10(13)14/h2-4,8H,5,12H2,1H3,(H,13,14). The molecule has 0 aliphatic heterocycles. The SMILES string of the molecule is Cc1c(F)cccc1C(CN)C(=O)O. The van der Waals surface area contributed by atoms with Crippen molar-refractivity contribution in [3.8, 4) is 0 Å². The van der Waals surface area contributed by atoms with Crippen LogP contribution in [0.15, 0.2) is 18.2 Å². The van der Waals surface area contributed by atoms with Crippen LogP contribution in [-0.2, 0) is 4.79 Å². The van der Waals surface area contributed by atoms with E-state index in [2.05, 4.69) is 0 Å². The molecule has 0 amide bonds. The summed E-state index contributed by atoms with van der Waals surface area (Å²) in [4.78, 5) is 10.8. The number of carboxylic acid groups (broad SMARTS) is 1. The van der Waals surface area contributed by atoms with Crippen LogP contribution in [0.5, 0.6) is 0 Å². The fourth-order valence-corrected chi connectivity index (χ4v) is 1.36. The third kappa shape index (κ3) is 1.90. The van der Waals surface area contributed by atoms with E-state index in [9.17, 15) is 9.18 Å². The molecule has 1 aromatic rings. The lowest BCUT2D eigenvalue weighted by molar-refractivity contribution is -0.138. The summed E-state index contributed by atoms with van der Waals surface area (Å²) in [5.74, 6) is -2.26. The first-order chi connectivity index (χ1) is 6.57. The molecule has 14 heavy (non-hydrogen) atoms. The van der Waals surface area contributed by atoms with Gasteiger partial charge < -0.3 is 10.8 Å². The van der Waals surface area contributed by atoms with Crippen molar-refractivity contribution in [2.75, 3.05) is 6.54 Å². The van der Waals surface area contributed by atoms with Gasteiger partial charge in [-0.1, -0.05) is 12.1 Å². The summed E-state index contributed by atoms with van der Waals surface area (Å²) in [5, 5.41) is 8.84. The van der Waals surface area contributed by atoms with Gasteiger partial charge in [0.1, 0.15) is 5.82 Å². The molecule has 0 aliphatic carbocycles. The Labute approximate surface area is 81.4 Å². The number of hydrogen-bond donors (Lipinski definition) is 2. The Bertz CT molecular complexity index is 352. The molecule has 0 saturated carbocycles. The Morgan fingerprint density at radius 1 is 1.64 bits per heavy atom. The molecule has 1 rings (SSSR count). The molecule has 1 unspecified atom stereocenters. The highest BCUT2D eigenvalue weighted by Crippen LogP contribution is 2.21. The second-order valence-electron chi connectivity index (χ2n) is 3.08. The number of rotatable bonds is 3. The molecule has 76 valence electrons. The Morgan fingerprint density at radius 3 is 2.79 bits per heavy atom. The van der Waals surface area contributed by atoms with Crippen LogP contribution >= 0.6 is 0 Å². The highest BCUT2D eigenvalue weighted by Gasteiger charge is 2.20. The molecule has 0 bridgehead atoms. The van der Waals surface area contributed by atoms with Gasteiger partial charge in [0.2, 0.25) is 0 Å². The largest absolute Gasteiger partial charge is 0.481 e. The quantitative estimate of drug-likeness (QED) is 0.766. The molecule has 0 saturated heterocycles. The zero-order valence-electron chi connectivity index (χ0n) is 7.83.